The summed E-state index contributed by atoms with van der Waals surface area (Å²) < 4.78 is 0. The number of carbonyl (C=O) groups excluding carboxylic acids is 3. The summed E-state index contributed by atoms with van der Waals surface area (Å²) in [7, 11) is 0. The van der Waals surface area contributed by atoms with Crippen LogP contribution in [0, 0.1) is 0 Å². The third-order valence-corrected chi connectivity index (χ3v) is 5.12. The third-order valence-electron chi connectivity index (χ3n) is 5.12. The second-order valence-electron chi connectivity index (χ2n) is 8.06. The lowest BCUT2D eigenvalue weighted by Crippen LogP contribution is -2.58. The molecule has 0 radical (unpaired) electrons. The highest BCUT2D eigenvalue weighted by atomic mass is 16.4. The van der Waals surface area contributed by atoms with E-state index in [2.05, 4.69) is 16.0 Å². The minimum Gasteiger partial charge on any atom is -0.508 e. The molecule has 0 saturated heterocycles. The summed E-state index contributed by atoms with van der Waals surface area (Å²) >= 11 is 0. The van der Waals surface area contributed by atoms with E-state index in [1.807, 2.05) is 0 Å². The van der Waals surface area contributed by atoms with E-state index in [9.17, 15) is 39.3 Å². The molecule has 0 aromatic heterocycles. The Morgan fingerprint density at radius 2 is 1.39 bits per heavy atom. The molecule has 11 N–H and O–H groups in total. The van der Waals surface area contributed by atoms with Gasteiger partial charge in [0.1, 0.15) is 23.9 Å². The number of carboxylic acids is 2. The Morgan fingerprint density at radius 3 is 1.92 bits per heavy atom. The van der Waals surface area contributed by atoms with Gasteiger partial charge in [-0.1, -0.05) is 12.1 Å². The first-order chi connectivity index (χ1) is 17.0. The van der Waals surface area contributed by atoms with Crippen molar-refractivity contribution in [2.45, 2.75) is 56.3 Å². The predicted molar refractivity (Wildman–Crippen MR) is 125 cm³/mol. The Kier molecular flexibility index (Phi) is 12.9. The van der Waals surface area contributed by atoms with Gasteiger partial charge < -0.3 is 47.8 Å². The van der Waals surface area contributed by atoms with Gasteiger partial charge in [0.15, 0.2) is 0 Å². The molecule has 1 rings (SSSR count). The standard InChI is InChI=1S/C22H33N5O9/c23-8-2-1-3-15(25-21(34)17(11-28)27-19(32)14(24)10-18(30)31)20(33)26-16(22(35)36)9-12-4-6-13(29)7-5-12/h4-7,14-17,28-29H,1-3,8-11,23-24H2,(H,25,34)(H,26,33)(H,27,32)(H,30,31)(H,35,36). The first kappa shape index (κ1) is 30.3. The summed E-state index contributed by atoms with van der Waals surface area (Å²) in [4.78, 5) is 60.0. The van der Waals surface area contributed by atoms with Gasteiger partial charge in [0.05, 0.1) is 19.1 Å². The topological polar surface area (TPSA) is 254 Å². The number of benzene rings is 1. The lowest BCUT2D eigenvalue weighted by atomic mass is 10.0. The molecule has 0 heterocycles. The smallest absolute Gasteiger partial charge is 0.326 e. The predicted octanol–water partition coefficient (Wildman–Crippen LogP) is -2.60. The molecule has 3 amide bonds. The number of rotatable bonds is 16. The number of unbranched alkanes of at least 4 members (excludes halogenated alkanes) is 1. The molecule has 0 saturated carbocycles. The van der Waals surface area contributed by atoms with E-state index in [0.29, 0.717) is 24.9 Å². The van der Waals surface area contributed by atoms with Gasteiger partial charge in [0, 0.05) is 6.42 Å². The Bertz CT molecular complexity index is 910. The molecule has 0 aliphatic heterocycles. The number of aliphatic carboxylic acids is 2. The van der Waals surface area contributed by atoms with E-state index in [1.54, 1.807) is 0 Å². The minimum absolute atomic E-state index is 0.00761. The second kappa shape index (κ2) is 15.3. The molecule has 1 aromatic rings. The van der Waals surface area contributed by atoms with Crippen LogP contribution >= 0.6 is 0 Å². The molecule has 36 heavy (non-hydrogen) atoms. The number of amides is 3. The molecule has 14 heteroatoms. The molecular formula is C22H33N5O9. The van der Waals surface area contributed by atoms with Crippen LogP contribution in [0.2, 0.25) is 0 Å². The van der Waals surface area contributed by atoms with Crippen molar-refractivity contribution in [1.82, 2.24) is 16.0 Å². The van der Waals surface area contributed by atoms with Gasteiger partial charge in [0.25, 0.3) is 0 Å². The number of aromatic hydroxyl groups is 1. The molecule has 0 bridgehead atoms. The second-order valence-corrected chi connectivity index (χ2v) is 8.06. The third kappa shape index (κ3) is 10.7. The number of aliphatic hydroxyl groups is 1. The maximum Gasteiger partial charge on any atom is 0.326 e. The summed E-state index contributed by atoms with van der Waals surface area (Å²) in [5.74, 6) is -5.41. The average molecular weight is 512 g/mol. The van der Waals surface area contributed by atoms with Crippen LogP contribution in [0.15, 0.2) is 24.3 Å². The van der Waals surface area contributed by atoms with Crippen molar-refractivity contribution in [2.24, 2.45) is 11.5 Å². The van der Waals surface area contributed by atoms with Gasteiger partial charge in [0.2, 0.25) is 17.7 Å². The Morgan fingerprint density at radius 1 is 0.833 bits per heavy atom. The molecule has 4 atom stereocenters. The number of carbonyl (C=O) groups is 5. The van der Waals surface area contributed by atoms with Gasteiger partial charge in [-0.2, -0.15) is 0 Å². The molecule has 0 aliphatic rings. The van der Waals surface area contributed by atoms with E-state index in [4.69, 9.17) is 16.6 Å². The summed E-state index contributed by atoms with van der Waals surface area (Å²) in [5.41, 5.74) is 11.5. The van der Waals surface area contributed by atoms with Gasteiger partial charge in [-0.3, -0.25) is 19.2 Å². The van der Waals surface area contributed by atoms with Crippen molar-refractivity contribution < 1.29 is 44.4 Å². The molecule has 0 fully saturated rings. The minimum atomic E-state index is -1.53. The van der Waals surface area contributed by atoms with Crippen LogP contribution < -0.4 is 27.4 Å². The van der Waals surface area contributed by atoms with Crippen LogP contribution in [0.4, 0.5) is 0 Å². The molecule has 200 valence electrons. The van der Waals surface area contributed by atoms with Crippen LogP contribution in [0.25, 0.3) is 0 Å². The zero-order chi connectivity index (χ0) is 27.3. The number of nitrogens with one attached hydrogen (secondary N) is 3. The van der Waals surface area contributed by atoms with E-state index >= 15 is 0 Å². The van der Waals surface area contributed by atoms with Crippen molar-refractivity contribution in [3.63, 3.8) is 0 Å². The molecule has 0 aliphatic carbocycles. The first-order valence-electron chi connectivity index (χ1n) is 11.2. The lowest BCUT2D eigenvalue weighted by Gasteiger charge is -2.24. The lowest BCUT2D eigenvalue weighted by molar-refractivity contribution is -0.142. The van der Waals surface area contributed by atoms with E-state index < -0.39 is 66.9 Å². The van der Waals surface area contributed by atoms with Crippen LogP contribution in [0.3, 0.4) is 0 Å². The number of hydrogen-bond donors (Lipinski definition) is 9. The molecular weight excluding hydrogens is 478 g/mol. The van der Waals surface area contributed by atoms with Crippen LogP contribution in [0.5, 0.6) is 5.75 Å². The summed E-state index contributed by atoms with van der Waals surface area (Å²) in [6.45, 7) is -0.551. The number of hydrogen-bond acceptors (Lipinski definition) is 9. The molecule has 4 unspecified atom stereocenters. The van der Waals surface area contributed by atoms with Crippen molar-refractivity contribution in [1.29, 1.82) is 0 Å². The average Bonchev–Trinajstić information content (AvgIpc) is 2.81. The first-order valence-corrected chi connectivity index (χ1v) is 11.2. The number of phenols is 1. The van der Waals surface area contributed by atoms with Crippen molar-refractivity contribution >= 4 is 29.7 Å². The van der Waals surface area contributed by atoms with Crippen LogP contribution in [-0.2, 0) is 30.4 Å². The van der Waals surface area contributed by atoms with Crippen molar-refractivity contribution in [3.8, 4) is 5.75 Å². The quantitative estimate of drug-likeness (QED) is 0.104. The van der Waals surface area contributed by atoms with E-state index in [0.717, 1.165) is 0 Å². The largest absolute Gasteiger partial charge is 0.508 e. The summed E-state index contributed by atoms with van der Waals surface area (Å²) in [5, 5.41) is 44.1. The van der Waals surface area contributed by atoms with Crippen LogP contribution in [-0.4, -0.2) is 87.4 Å². The molecule has 14 nitrogen and oxygen atoms in total. The fourth-order valence-electron chi connectivity index (χ4n) is 3.13. The molecule has 0 spiro atoms. The maximum absolute atomic E-state index is 12.9. The zero-order valence-corrected chi connectivity index (χ0v) is 19.6. The Labute approximate surface area is 207 Å². The fraction of sp³-hybridized carbons (Fsp3) is 0.500. The van der Waals surface area contributed by atoms with E-state index in [-0.39, 0.29) is 18.6 Å². The fourth-order valence-corrected chi connectivity index (χ4v) is 3.13. The Balaban J connectivity index is 2.92. The van der Waals surface area contributed by atoms with Crippen molar-refractivity contribution in [3.05, 3.63) is 29.8 Å². The highest BCUT2D eigenvalue weighted by Gasteiger charge is 2.30. The Hall–Kier alpha value is -3.75. The summed E-state index contributed by atoms with van der Waals surface area (Å²) in [6, 6.07) is 0.180. The normalized spacial score (nSPS) is 14.1. The van der Waals surface area contributed by atoms with Crippen LogP contribution in [0.1, 0.15) is 31.2 Å². The molecule has 1 aromatic carbocycles. The highest BCUT2D eigenvalue weighted by Crippen LogP contribution is 2.12. The number of nitrogens with two attached hydrogens (primary N) is 2. The van der Waals surface area contributed by atoms with Gasteiger partial charge in [-0.25, -0.2) is 4.79 Å². The maximum atomic E-state index is 12.9. The number of phenolic OH excluding ortho intramolecular Hbond substituents is 1. The van der Waals surface area contributed by atoms with Gasteiger partial charge in [-0.05, 0) is 43.5 Å². The van der Waals surface area contributed by atoms with Gasteiger partial charge in [-0.15, -0.1) is 0 Å². The monoisotopic (exact) mass is 511 g/mol. The summed E-state index contributed by atoms with van der Waals surface area (Å²) in [6.07, 6.45) is 0.212. The SMILES string of the molecule is NCCCCC(NC(=O)C(CO)NC(=O)C(N)CC(=O)O)C(=O)NC(Cc1ccc(O)cc1)C(=O)O. The number of carboxylic acid groups (broad SMARTS) is 2. The highest BCUT2D eigenvalue weighted by molar-refractivity contribution is 5.94. The van der Waals surface area contributed by atoms with Crippen molar-refractivity contribution in [2.75, 3.05) is 13.2 Å². The van der Waals surface area contributed by atoms with Gasteiger partial charge >= 0.3 is 11.9 Å². The van der Waals surface area contributed by atoms with E-state index in [1.165, 1.54) is 24.3 Å². The zero-order valence-electron chi connectivity index (χ0n) is 19.6. The number of aliphatic hydroxyl groups excluding tert-OH is 1.